The van der Waals surface area contributed by atoms with Crippen molar-refractivity contribution < 1.29 is 33.0 Å². The molecule has 3 rings (SSSR count). The van der Waals surface area contributed by atoms with E-state index in [1.54, 1.807) is 12.1 Å². The minimum Gasteiger partial charge on any atom is -0.473 e. The second-order valence-corrected chi connectivity index (χ2v) is 7.86. The molecule has 6 nitrogen and oxygen atoms in total. The molecule has 0 amide bonds. The van der Waals surface area contributed by atoms with Gasteiger partial charge in [0.2, 0.25) is 0 Å². The molecule has 1 aliphatic rings. The maximum Gasteiger partial charge on any atom is 0.416 e. The van der Waals surface area contributed by atoms with Gasteiger partial charge in [-0.15, -0.1) is 0 Å². The standard InChI is InChI=1S/C19H20BrF3N2.C2H2O4/c20-17-7-5-15(6-8-17)13-24-9-11-25(12-10-24)14-16-3-1-2-4-18(16)19(21,22)23;3-1(4)2(5)6/h1-8H,9-14H2;(H,3,4)(H,5,6). The molecule has 168 valence electrons. The molecule has 0 radical (unpaired) electrons. The van der Waals surface area contributed by atoms with Crippen molar-refractivity contribution in [1.29, 1.82) is 0 Å². The van der Waals surface area contributed by atoms with E-state index >= 15 is 0 Å². The molecule has 2 N–H and O–H groups in total. The summed E-state index contributed by atoms with van der Waals surface area (Å²) in [5.41, 5.74) is 1.09. The van der Waals surface area contributed by atoms with Crippen molar-refractivity contribution in [2.24, 2.45) is 0 Å². The molecule has 0 atom stereocenters. The molecule has 0 bridgehead atoms. The van der Waals surface area contributed by atoms with E-state index in [9.17, 15) is 13.2 Å². The summed E-state index contributed by atoms with van der Waals surface area (Å²) in [5.74, 6) is -3.65. The lowest BCUT2D eigenvalue weighted by molar-refractivity contribution is -0.159. The Morgan fingerprint density at radius 3 is 1.81 bits per heavy atom. The molecule has 0 aliphatic carbocycles. The van der Waals surface area contributed by atoms with Crippen LogP contribution in [0.5, 0.6) is 0 Å². The Bertz CT molecular complexity index is 871. The van der Waals surface area contributed by atoms with Gasteiger partial charge in [-0.05, 0) is 29.3 Å². The quantitative estimate of drug-likeness (QED) is 0.616. The Labute approximate surface area is 186 Å². The van der Waals surface area contributed by atoms with E-state index < -0.39 is 23.7 Å². The Morgan fingerprint density at radius 2 is 1.32 bits per heavy atom. The number of carboxylic acids is 2. The third kappa shape index (κ3) is 8.31. The first-order valence-corrected chi connectivity index (χ1v) is 10.2. The number of piperazine rings is 1. The Balaban J connectivity index is 0.000000501. The van der Waals surface area contributed by atoms with Gasteiger partial charge in [-0.1, -0.05) is 46.3 Å². The van der Waals surface area contributed by atoms with Crippen LogP contribution in [0, 0.1) is 0 Å². The maximum absolute atomic E-state index is 13.1. The first-order valence-electron chi connectivity index (χ1n) is 9.36. The average molecular weight is 503 g/mol. The van der Waals surface area contributed by atoms with E-state index in [4.69, 9.17) is 19.8 Å². The van der Waals surface area contributed by atoms with Gasteiger partial charge in [-0.25, -0.2) is 9.59 Å². The molecule has 0 aromatic heterocycles. The Morgan fingerprint density at radius 1 is 0.839 bits per heavy atom. The highest BCUT2D eigenvalue weighted by molar-refractivity contribution is 9.10. The Hall–Kier alpha value is -2.43. The molecule has 10 heteroatoms. The van der Waals surface area contributed by atoms with Gasteiger partial charge in [-0.3, -0.25) is 9.80 Å². The van der Waals surface area contributed by atoms with E-state index in [-0.39, 0.29) is 0 Å². The zero-order chi connectivity index (χ0) is 23.0. The van der Waals surface area contributed by atoms with E-state index in [0.29, 0.717) is 12.1 Å². The van der Waals surface area contributed by atoms with Crippen molar-refractivity contribution in [2.45, 2.75) is 19.3 Å². The first-order chi connectivity index (χ1) is 14.6. The number of halogens is 4. The van der Waals surface area contributed by atoms with Crippen LogP contribution in [0.3, 0.4) is 0 Å². The fourth-order valence-electron chi connectivity index (χ4n) is 3.13. The van der Waals surface area contributed by atoms with Crippen LogP contribution in [0.2, 0.25) is 0 Å². The molecule has 1 aliphatic heterocycles. The van der Waals surface area contributed by atoms with Crippen LogP contribution in [-0.4, -0.2) is 58.1 Å². The number of hydrogen-bond donors (Lipinski definition) is 2. The monoisotopic (exact) mass is 502 g/mol. The van der Waals surface area contributed by atoms with Crippen molar-refractivity contribution in [3.63, 3.8) is 0 Å². The second kappa shape index (κ2) is 11.3. The topological polar surface area (TPSA) is 81.1 Å². The second-order valence-electron chi connectivity index (χ2n) is 6.94. The van der Waals surface area contributed by atoms with Gasteiger partial charge in [0.1, 0.15) is 0 Å². The average Bonchev–Trinajstić information content (AvgIpc) is 2.71. The fraction of sp³-hybridized carbons (Fsp3) is 0.333. The van der Waals surface area contributed by atoms with Crippen LogP contribution < -0.4 is 0 Å². The summed E-state index contributed by atoms with van der Waals surface area (Å²) >= 11 is 3.43. The smallest absolute Gasteiger partial charge is 0.416 e. The van der Waals surface area contributed by atoms with Gasteiger partial charge in [0.15, 0.2) is 0 Å². The molecule has 1 heterocycles. The summed E-state index contributed by atoms with van der Waals surface area (Å²) < 4.78 is 40.4. The number of aliphatic carboxylic acids is 2. The fourth-order valence-corrected chi connectivity index (χ4v) is 3.39. The summed E-state index contributed by atoms with van der Waals surface area (Å²) in [6.07, 6.45) is -4.29. The maximum atomic E-state index is 13.1. The van der Waals surface area contributed by atoms with E-state index in [1.807, 2.05) is 12.1 Å². The molecule has 2 aromatic rings. The van der Waals surface area contributed by atoms with Crippen LogP contribution in [0.4, 0.5) is 13.2 Å². The molecule has 31 heavy (non-hydrogen) atoms. The summed E-state index contributed by atoms with van der Waals surface area (Å²) in [6.45, 7) is 4.52. The summed E-state index contributed by atoms with van der Waals surface area (Å²) in [6, 6.07) is 14.1. The zero-order valence-electron chi connectivity index (χ0n) is 16.5. The number of rotatable bonds is 4. The van der Waals surface area contributed by atoms with Gasteiger partial charge >= 0.3 is 18.1 Å². The predicted octanol–water partition coefficient (Wildman–Crippen LogP) is 3.94. The van der Waals surface area contributed by atoms with Crippen molar-refractivity contribution in [3.8, 4) is 0 Å². The van der Waals surface area contributed by atoms with Gasteiger partial charge in [0.05, 0.1) is 5.56 Å². The molecule has 0 spiro atoms. The van der Waals surface area contributed by atoms with Crippen molar-refractivity contribution >= 4 is 27.9 Å². The lowest BCUT2D eigenvalue weighted by Gasteiger charge is -2.35. The highest BCUT2D eigenvalue weighted by Gasteiger charge is 2.33. The molecular weight excluding hydrogens is 481 g/mol. The van der Waals surface area contributed by atoms with Gasteiger partial charge < -0.3 is 10.2 Å². The van der Waals surface area contributed by atoms with Crippen molar-refractivity contribution in [1.82, 2.24) is 9.80 Å². The van der Waals surface area contributed by atoms with Crippen LogP contribution in [-0.2, 0) is 28.9 Å². The van der Waals surface area contributed by atoms with Crippen LogP contribution in [0.15, 0.2) is 53.0 Å². The van der Waals surface area contributed by atoms with Gasteiger partial charge in [0.25, 0.3) is 0 Å². The minimum atomic E-state index is -4.29. The number of carboxylic acid groups (broad SMARTS) is 2. The van der Waals surface area contributed by atoms with Crippen LogP contribution >= 0.6 is 15.9 Å². The summed E-state index contributed by atoms with van der Waals surface area (Å²) in [4.78, 5) is 22.6. The summed E-state index contributed by atoms with van der Waals surface area (Å²) in [7, 11) is 0. The molecule has 0 saturated carbocycles. The normalized spacial score (nSPS) is 15.1. The summed E-state index contributed by atoms with van der Waals surface area (Å²) in [5, 5.41) is 14.8. The number of alkyl halides is 3. The molecule has 1 fully saturated rings. The molecule has 1 saturated heterocycles. The van der Waals surface area contributed by atoms with Gasteiger partial charge in [0, 0.05) is 43.7 Å². The Kier molecular flexibility index (Phi) is 9.02. The molecular formula is C21H22BrF3N2O4. The highest BCUT2D eigenvalue weighted by Crippen LogP contribution is 2.32. The van der Waals surface area contributed by atoms with E-state index in [0.717, 1.165) is 37.2 Å². The van der Waals surface area contributed by atoms with Crippen LogP contribution in [0.1, 0.15) is 16.7 Å². The molecule has 0 unspecified atom stereocenters. The third-order valence-electron chi connectivity index (χ3n) is 4.68. The zero-order valence-corrected chi connectivity index (χ0v) is 18.1. The lowest BCUT2D eigenvalue weighted by atomic mass is 10.1. The minimum absolute atomic E-state index is 0.349. The number of hydrogen-bond acceptors (Lipinski definition) is 4. The SMILES string of the molecule is FC(F)(F)c1ccccc1CN1CCN(Cc2ccc(Br)cc2)CC1.O=C(O)C(=O)O. The van der Waals surface area contributed by atoms with E-state index in [1.165, 1.54) is 17.7 Å². The van der Waals surface area contributed by atoms with Gasteiger partial charge in [-0.2, -0.15) is 13.2 Å². The predicted molar refractivity (Wildman–Crippen MR) is 111 cm³/mol. The van der Waals surface area contributed by atoms with Crippen molar-refractivity contribution in [2.75, 3.05) is 26.2 Å². The highest BCUT2D eigenvalue weighted by atomic mass is 79.9. The first kappa shape index (κ1) is 24.8. The van der Waals surface area contributed by atoms with Crippen LogP contribution in [0.25, 0.3) is 0 Å². The number of nitrogens with zero attached hydrogens (tertiary/aromatic N) is 2. The third-order valence-corrected chi connectivity index (χ3v) is 5.21. The molecule has 2 aromatic carbocycles. The van der Waals surface area contributed by atoms with E-state index in [2.05, 4.69) is 37.9 Å². The number of carbonyl (C=O) groups is 2. The largest absolute Gasteiger partial charge is 0.473 e. The number of benzene rings is 2. The van der Waals surface area contributed by atoms with Crippen molar-refractivity contribution in [3.05, 3.63) is 69.7 Å². The lowest BCUT2D eigenvalue weighted by Crippen LogP contribution is -2.45.